The molecule has 0 aliphatic heterocycles. The summed E-state index contributed by atoms with van der Waals surface area (Å²) in [7, 11) is 0. The van der Waals surface area contributed by atoms with Gasteiger partial charge < -0.3 is 5.73 Å². The third-order valence-corrected chi connectivity index (χ3v) is 3.62. The molecule has 1 unspecified atom stereocenters. The van der Waals surface area contributed by atoms with Crippen molar-refractivity contribution in [1.82, 2.24) is 14.7 Å². The van der Waals surface area contributed by atoms with Crippen LogP contribution in [0, 0.1) is 0 Å². The number of nitrogens with two attached hydrogens (primary N) is 1. The van der Waals surface area contributed by atoms with Crippen molar-refractivity contribution >= 4 is 0 Å². The van der Waals surface area contributed by atoms with Crippen molar-refractivity contribution in [2.24, 2.45) is 5.73 Å². The molecule has 19 heavy (non-hydrogen) atoms. The number of aromatic nitrogens is 2. The molecule has 0 amide bonds. The van der Waals surface area contributed by atoms with E-state index in [4.69, 9.17) is 5.73 Å². The Balaban J connectivity index is 2.75. The Morgan fingerprint density at radius 3 is 2.26 bits per heavy atom. The minimum absolute atomic E-state index is 0.318. The van der Waals surface area contributed by atoms with Crippen LogP contribution in [0.25, 0.3) is 0 Å². The highest BCUT2D eigenvalue weighted by atomic mass is 15.3. The Morgan fingerprint density at radius 1 is 1.21 bits per heavy atom. The zero-order valence-corrected chi connectivity index (χ0v) is 12.8. The minimum atomic E-state index is 0.318. The molecule has 4 nitrogen and oxygen atoms in total. The molecular weight excluding hydrogens is 236 g/mol. The van der Waals surface area contributed by atoms with E-state index < -0.39 is 0 Å². The van der Waals surface area contributed by atoms with Crippen molar-refractivity contribution in [2.45, 2.75) is 59.0 Å². The lowest BCUT2D eigenvalue weighted by Crippen LogP contribution is -2.35. The predicted octanol–water partition coefficient (Wildman–Crippen LogP) is 2.81. The van der Waals surface area contributed by atoms with Crippen LogP contribution in [0.3, 0.4) is 0 Å². The second kappa shape index (κ2) is 9.10. The normalized spacial score (nSPS) is 13.1. The summed E-state index contributed by atoms with van der Waals surface area (Å²) >= 11 is 0. The smallest absolute Gasteiger partial charge is 0.0538 e. The molecule has 4 heteroatoms. The first-order valence-corrected chi connectivity index (χ1v) is 7.73. The molecule has 0 aliphatic carbocycles. The summed E-state index contributed by atoms with van der Waals surface area (Å²) in [5.41, 5.74) is 7.28. The molecule has 0 radical (unpaired) electrons. The van der Waals surface area contributed by atoms with Gasteiger partial charge in [-0.1, -0.05) is 26.7 Å². The quantitative estimate of drug-likeness (QED) is 0.708. The SMILES string of the molecule is CCCCN(CCCC)C(CN)c1cnn(CC)c1. The second-order valence-electron chi connectivity index (χ2n) is 5.12. The van der Waals surface area contributed by atoms with Crippen LogP contribution in [-0.4, -0.2) is 34.3 Å². The van der Waals surface area contributed by atoms with Gasteiger partial charge in [0, 0.05) is 24.8 Å². The molecule has 1 rings (SSSR count). The van der Waals surface area contributed by atoms with Crippen LogP contribution >= 0.6 is 0 Å². The molecule has 0 saturated heterocycles. The van der Waals surface area contributed by atoms with Crippen molar-refractivity contribution < 1.29 is 0 Å². The van der Waals surface area contributed by atoms with Gasteiger partial charge in [-0.3, -0.25) is 9.58 Å². The monoisotopic (exact) mass is 266 g/mol. The largest absolute Gasteiger partial charge is 0.329 e. The van der Waals surface area contributed by atoms with E-state index in [0.717, 1.165) is 19.6 Å². The molecule has 1 atom stereocenters. The van der Waals surface area contributed by atoms with E-state index in [1.165, 1.54) is 31.2 Å². The summed E-state index contributed by atoms with van der Waals surface area (Å²) in [5, 5.41) is 4.38. The number of aryl methyl sites for hydroxylation is 1. The first kappa shape index (κ1) is 16.2. The fourth-order valence-corrected chi connectivity index (χ4v) is 2.37. The lowest BCUT2D eigenvalue weighted by atomic mass is 10.1. The van der Waals surface area contributed by atoms with Gasteiger partial charge in [0.2, 0.25) is 0 Å². The van der Waals surface area contributed by atoms with Crippen LogP contribution < -0.4 is 5.73 Å². The van der Waals surface area contributed by atoms with Gasteiger partial charge >= 0.3 is 0 Å². The molecule has 1 aromatic heterocycles. The van der Waals surface area contributed by atoms with Gasteiger partial charge in [0.25, 0.3) is 0 Å². The van der Waals surface area contributed by atoms with Crippen molar-refractivity contribution in [3.8, 4) is 0 Å². The summed E-state index contributed by atoms with van der Waals surface area (Å²) in [4.78, 5) is 2.53. The van der Waals surface area contributed by atoms with E-state index in [0.29, 0.717) is 12.6 Å². The zero-order chi connectivity index (χ0) is 14.1. The van der Waals surface area contributed by atoms with Crippen molar-refractivity contribution in [2.75, 3.05) is 19.6 Å². The summed E-state index contributed by atoms with van der Waals surface area (Å²) < 4.78 is 1.98. The summed E-state index contributed by atoms with van der Waals surface area (Å²) in [6.07, 6.45) is 9.06. The van der Waals surface area contributed by atoms with E-state index in [2.05, 4.69) is 37.0 Å². The highest BCUT2D eigenvalue weighted by molar-refractivity contribution is 5.11. The Hall–Kier alpha value is -0.870. The van der Waals surface area contributed by atoms with Crippen molar-refractivity contribution in [3.05, 3.63) is 18.0 Å². The number of hydrogen-bond acceptors (Lipinski definition) is 3. The average molecular weight is 266 g/mol. The van der Waals surface area contributed by atoms with Gasteiger partial charge in [0.15, 0.2) is 0 Å². The summed E-state index contributed by atoms with van der Waals surface area (Å²) in [6.45, 7) is 10.4. The molecule has 1 aromatic rings. The zero-order valence-electron chi connectivity index (χ0n) is 12.8. The fourth-order valence-electron chi connectivity index (χ4n) is 2.37. The Bertz CT molecular complexity index is 327. The van der Waals surface area contributed by atoms with Gasteiger partial charge in [0.05, 0.1) is 12.2 Å². The lowest BCUT2D eigenvalue weighted by Gasteiger charge is -2.30. The van der Waals surface area contributed by atoms with Gasteiger partial charge in [0.1, 0.15) is 0 Å². The third kappa shape index (κ3) is 4.96. The van der Waals surface area contributed by atoms with Crippen LogP contribution in [0.2, 0.25) is 0 Å². The lowest BCUT2D eigenvalue weighted by molar-refractivity contribution is 0.195. The van der Waals surface area contributed by atoms with E-state index in [1.54, 1.807) is 0 Å². The molecule has 0 fully saturated rings. The topological polar surface area (TPSA) is 47.1 Å². The van der Waals surface area contributed by atoms with Gasteiger partial charge in [-0.25, -0.2) is 0 Å². The van der Waals surface area contributed by atoms with Crippen LogP contribution in [0.4, 0.5) is 0 Å². The van der Waals surface area contributed by atoms with E-state index in [9.17, 15) is 0 Å². The fraction of sp³-hybridized carbons (Fsp3) is 0.800. The maximum absolute atomic E-state index is 6.02. The Labute approximate surface area is 118 Å². The highest BCUT2D eigenvalue weighted by Crippen LogP contribution is 2.20. The maximum Gasteiger partial charge on any atom is 0.0538 e. The summed E-state index contributed by atoms with van der Waals surface area (Å²) in [5.74, 6) is 0. The molecular formula is C15H30N4. The minimum Gasteiger partial charge on any atom is -0.329 e. The van der Waals surface area contributed by atoms with Crippen LogP contribution in [0.1, 0.15) is 58.1 Å². The molecule has 0 aliphatic rings. The van der Waals surface area contributed by atoms with E-state index in [1.807, 2.05) is 10.9 Å². The first-order chi connectivity index (χ1) is 9.26. The van der Waals surface area contributed by atoms with Gasteiger partial charge in [-0.15, -0.1) is 0 Å². The van der Waals surface area contributed by atoms with E-state index >= 15 is 0 Å². The second-order valence-corrected chi connectivity index (χ2v) is 5.12. The number of rotatable bonds is 10. The average Bonchev–Trinajstić information content (AvgIpc) is 2.90. The first-order valence-electron chi connectivity index (χ1n) is 7.73. The van der Waals surface area contributed by atoms with E-state index in [-0.39, 0.29) is 0 Å². The predicted molar refractivity (Wildman–Crippen MR) is 81.1 cm³/mol. The third-order valence-electron chi connectivity index (χ3n) is 3.62. The standard InChI is InChI=1S/C15H30N4/c1-4-7-9-18(10-8-5-2)15(11-16)14-12-17-19(6-3)13-14/h12-13,15H,4-11,16H2,1-3H3. The molecule has 0 bridgehead atoms. The van der Waals surface area contributed by atoms with Crippen LogP contribution in [-0.2, 0) is 6.54 Å². The molecule has 1 heterocycles. The Kier molecular flexibility index (Phi) is 7.75. The number of nitrogens with zero attached hydrogens (tertiary/aromatic N) is 3. The maximum atomic E-state index is 6.02. The molecule has 2 N–H and O–H groups in total. The summed E-state index contributed by atoms with van der Waals surface area (Å²) in [6, 6.07) is 0.318. The van der Waals surface area contributed by atoms with Gasteiger partial charge in [-0.05, 0) is 32.9 Å². The molecule has 0 spiro atoms. The molecule has 110 valence electrons. The number of hydrogen-bond donors (Lipinski definition) is 1. The highest BCUT2D eigenvalue weighted by Gasteiger charge is 2.19. The van der Waals surface area contributed by atoms with Gasteiger partial charge in [-0.2, -0.15) is 5.10 Å². The Morgan fingerprint density at radius 2 is 1.84 bits per heavy atom. The number of unbranched alkanes of at least 4 members (excludes halogenated alkanes) is 2. The van der Waals surface area contributed by atoms with Crippen LogP contribution in [0.15, 0.2) is 12.4 Å². The van der Waals surface area contributed by atoms with Crippen molar-refractivity contribution in [1.29, 1.82) is 0 Å². The molecule has 0 saturated carbocycles. The van der Waals surface area contributed by atoms with Crippen LogP contribution in [0.5, 0.6) is 0 Å². The van der Waals surface area contributed by atoms with Crippen molar-refractivity contribution in [3.63, 3.8) is 0 Å². The molecule has 0 aromatic carbocycles.